The highest BCUT2D eigenvalue weighted by atomic mass is 19.1. The Morgan fingerprint density at radius 2 is 2.19 bits per heavy atom. The zero-order valence-corrected chi connectivity index (χ0v) is 14.8. The Morgan fingerprint density at radius 3 is 2.92 bits per heavy atom. The minimum Gasteiger partial charge on any atom is -0.460 e. The van der Waals surface area contributed by atoms with Gasteiger partial charge in [-0.2, -0.15) is 15.4 Å². The van der Waals surface area contributed by atoms with Crippen LogP contribution in [-0.2, 0) is 11.3 Å². The molecule has 136 valence electrons. The van der Waals surface area contributed by atoms with Crippen molar-refractivity contribution in [2.75, 3.05) is 20.2 Å². The monoisotopic (exact) mass is 356 g/mol. The molecule has 0 unspecified atom stereocenters. The molecule has 6 nitrogen and oxygen atoms in total. The summed E-state index contributed by atoms with van der Waals surface area (Å²) < 4.78 is 24.9. The quantitative estimate of drug-likeness (QED) is 0.761. The molecule has 0 aliphatic carbocycles. The van der Waals surface area contributed by atoms with E-state index < -0.39 is 0 Å². The maximum atomic E-state index is 13.3. The van der Waals surface area contributed by atoms with E-state index in [1.165, 1.54) is 12.1 Å². The maximum absolute atomic E-state index is 13.3. The van der Waals surface area contributed by atoms with Crippen LogP contribution >= 0.6 is 0 Å². The second kappa shape index (κ2) is 7.01. The summed E-state index contributed by atoms with van der Waals surface area (Å²) in [6.07, 6.45) is 1.83. The molecular formula is C19H21FN4O2. The first-order valence-corrected chi connectivity index (χ1v) is 8.60. The lowest BCUT2D eigenvalue weighted by Crippen LogP contribution is -2.22. The van der Waals surface area contributed by atoms with Gasteiger partial charge >= 0.3 is 0 Å². The third kappa shape index (κ3) is 3.27. The maximum Gasteiger partial charge on any atom is 0.134 e. The summed E-state index contributed by atoms with van der Waals surface area (Å²) in [7, 11) is 1.73. The average molecular weight is 356 g/mol. The number of hydrogen-bond donors (Lipinski definition) is 1. The lowest BCUT2D eigenvalue weighted by molar-refractivity contribution is 0.0951. The fourth-order valence-electron chi connectivity index (χ4n) is 3.62. The summed E-state index contributed by atoms with van der Waals surface area (Å²) in [5, 5.41) is 10.8. The fraction of sp³-hybridized carbons (Fsp3) is 0.368. The van der Waals surface area contributed by atoms with Crippen LogP contribution in [0, 0.1) is 12.7 Å². The van der Waals surface area contributed by atoms with Crippen LogP contribution in [0.1, 0.15) is 22.9 Å². The number of ether oxygens (including phenoxy) is 1. The first kappa shape index (κ1) is 16.9. The van der Waals surface area contributed by atoms with Gasteiger partial charge in [-0.1, -0.05) is 0 Å². The fourth-order valence-corrected chi connectivity index (χ4v) is 3.62. The van der Waals surface area contributed by atoms with Crippen LogP contribution in [0.15, 0.2) is 40.9 Å². The Kier molecular flexibility index (Phi) is 4.57. The number of likely N-dealkylation sites (tertiary alicyclic amines) is 1. The zero-order valence-electron chi connectivity index (χ0n) is 14.8. The Hall–Kier alpha value is -2.51. The SMILES string of the molecule is CO[C@@H]1CN(Cc2ccc(-c3ccc(F)cc3C)o2)C[C@H]1c1cn[nH]n1. The van der Waals surface area contributed by atoms with Crippen molar-refractivity contribution >= 4 is 0 Å². The molecular weight excluding hydrogens is 335 g/mol. The van der Waals surface area contributed by atoms with E-state index in [0.29, 0.717) is 6.54 Å². The summed E-state index contributed by atoms with van der Waals surface area (Å²) in [4.78, 5) is 2.29. The van der Waals surface area contributed by atoms with Gasteiger partial charge in [0.15, 0.2) is 0 Å². The molecule has 0 amide bonds. The number of furan rings is 1. The van der Waals surface area contributed by atoms with Gasteiger partial charge in [0.2, 0.25) is 0 Å². The van der Waals surface area contributed by atoms with Crippen molar-refractivity contribution in [1.29, 1.82) is 0 Å². The van der Waals surface area contributed by atoms with Crippen molar-refractivity contribution in [3.05, 3.63) is 59.4 Å². The van der Waals surface area contributed by atoms with Crippen LogP contribution in [0.5, 0.6) is 0 Å². The topological polar surface area (TPSA) is 67.2 Å². The molecule has 1 N–H and O–H groups in total. The average Bonchev–Trinajstić information content (AvgIpc) is 3.35. The normalized spacial score (nSPS) is 20.7. The van der Waals surface area contributed by atoms with Gasteiger partial charge in [0.25, 0.3) is 0 Å². The molecule has 26 heavy (non-hydrogen) atoms. The first-order valence-electron chi connectivity index (χ1n) is 8.60. The number of methoxy groups -OCH3 is 1. The van der Waals surface area contributed by atoms with Crippen LogP contribution < -0.4 is 0 Å². The lowest BCUT2D eigenvalue weighted by atomic mass is 10.0. The molecule has 0 radical (unpaired) electrons. The van der Waals surface area contributed by atoms with Gasteiger partial charge in [0.1, 0.15) is 17.3 Å². The lowest BCUT2D eigenvalue weighted by Gasteiger charge is -2.13. The van der Waals surface area contributed by atoms with E-state index in [0.717, 1.165) is 41.4 Å². The van der Waals surface area contributed by atoms with E-state index in [1.54, 1.807) is 19.4 Å². The molecule has 1 aromatic carbocycles. The predicted octanol–water partition coefficient (Wildman–Crippen LogP) is 3.13. The number of aromatic amines is 1. The minimum atomic E-state index is -0.236. The number of aryl methyl sites for hydroxylation is 1. The minimum absolute atomic E-state index is 0.0777. The van der Waals surface area contributed by atoms with Crippen molar-refractivity contribution in [2.24, 2.45) is 0 Å². The Bertz CT molecular complexity index is 878. The predicted molar refractivity (Wildman–Crippen MR) is 94.0 cm³/mol. The smallest absolute Gasteiger partial charge is 0.134 e. The number of halogens is 1. The number of benzene rings is 1. The number of rotatable bonds is 5. The largest absolute Gasteiger partial charge is 0.460 e. The summed E-state index contributed by atoms with van der Waals surface area (Å²) in [6.45, 7) is 4.21. The van der Waals surface area contributed by atoms with E-state index in [2.05, 4.69) is 20.3 Å². The molecule has 3 heterocycles. The van der Waals surface area contributed by atoms with E-state index >= 15 is 0 Å². The Labute approximate surface area is 151 Å². The van der Waals surface area contributed by atoms with E-state index in [-0.39, 0.29) is 17.8 Å². The summed E-state index contributed by atoms with van der Waals surface area (Å²) in [5.74, 6) is 1.58. The number of nitrogens with zero attached hydrogens (tertiary/aromatic N) is 3. The molecule has 1 aliphatic heterocycles. The van der Waals surface area contributed by atoms with Gasteiger partial charge in [-0.15, -0.1) is 0 Å². The molecule has 0 bridgehead atoms. The molecule has 4 rings (SSSR count). The molecule has 1 aliphatic rings. The third-order valence-corrected chi connectivity index (χ3v) is 4.95. The molecule has 0 spiro atoms. The van der Waals surface area contributed by atoms with Gasteiger partial charge < -0.3 is 9.15 Å². The number of hydrogen-bond acceptors (Lipinski definition) is 5. The van der Waals surface area contributed by atoms with Crippen LogP contribution in [0.3, 0.4) is 0 Å². The van der Waals surface area contributed by atoms with Crippen LogP contribution in [-0.4, -0.2) is 46.6 Å². The Balaban J connectivity index is 1.48. The van der Waals surface area contributed by atoms with E-state index in [9.17, 15) is 4.39 Å². The van der Waals surface area contributed by atoms with Gasteiger partial charge in [-0.25, -0.2) is 4.39 Å². The molecule has 2 atom stereocenters. The van der Waals surface area contributed by atoms with Crippen molar-refractivity contribution in [3.63, 3.8) is 0 Å². The van der Waals surface area contributed by atoms with Crippen molar-refractivity contribution in [1.82, 2.24) is 20.3 Å². The molecule has 2 aromatic heterocycles. The second-order valence-corrected chi connectivity index (χ2v) is 6.69. The zero-order chi connectivity index (χ0) is 18.1. The van der Waals surface area contributed by atoms with Crippen LogP contribution in [0.25, 0.3) is 11.3 Å². The standard InChI is InChI=1S/C19H21FN4O2/c1-12-7-13(20)3-5-15(12)18-6-4-14(26-18)9-24-10-16(19(11-24)25-2)17-8-21-23-22-17/h3-8,16,19H,9-11H2,1-2H3,(H,21,22,23)/t16-,19+/m0/s1. The summed E-state index contributed by atoms with van der Waals surface area (Å²) in [6, 6.07) is 8.64. The first-order chi connectivity index (χ1) is 12.6. The van der Waals surface area contributed by atoms with Crippen molar-refractivity contribution in [3.8, 4) is 11.3 Å². The highest BCUT2D eigenvalue weighted by molar-refractivity contribution is 5.62. The van der Waals surface area contributed by atoms with Crippen LogP contribution in [0.2, 0.25) is 0 Å². The highest BCUT2D eigenvalue weighted by Crippen LogP contribution is 2.31. The Morgan fingerprint density at radius 1 is 1.31 bits per heavy atom. The van der Waals surface area contributed by atoms with E-state index in [4.69, 9.17) is 9.15 Å². The van der Waals surface area contributed by atoms with Gasteiger partial charge in [-0.3, -0.25) is 4.90 Å². The van der Waals surface area contributed by atoms with Gasteiger partial charge in [0, 0.05) is 31.7 Å². The molecule has 0 saturated carbocycles. The number of aromatic nitrogens is 3. The molecule has 1 fully saturated rings. The number of nitrogens with one attached hydrogen (secondary N) is 1. The van der Waals surface area contributed by atoms with Crippen molar-refractivity contribution < 1.29 is 13.5 Å². The highest BCUT2D eigenvalue weighted by Gasteiger charge is 2.35. The molecule has 1 saturated heterocycles. The second-order valence-electron chi connectivity index (χ2n) is 6.69. The number of H-pyrrole nitrogens is 1. The van der Waals surface area contributed by atoms with Gasteiger partial charge in [-0.05, 0) is 42.8 Å². The van der Waals surface area contributed by atoms with Crippen molar-refractivity contribution in [2.45, 2.75) is 25.5 Å². The van der Waals surface area contributed by atoms with E-state index in [1.807, 2.05) is 19.1 Å². The summed E-state index contributed by atoms with van der Waals surface area (Å²) >= 11 is 0. The summed E-state index contributed by atoms with van der Waals surface area (Å²) in [5.41, 5.74) is 2.69. The third-order valence-electron chi connectivity index (χ3n) is 4.95. The molecule has 3 aromatic rings. The molecule has 7 heteroatoms. The van der Waals surface area contributed by atoms with Crippen LogP contribution in [0.4, 0.5) is 4.39 Å². The van der Waals surface area contributed by atoms with Gasteiger partial charge in [0.05, 0.1) is 24.5 Å².